The predicted octanol–water partition coefficient (Wildman–Crippen LogP) is 2.77. The van der Waals surface area contributed by atoms with Gasteiger partial charge in [0.1, 0.15) is 5.75 Å². The molecule has 0 aliphatic carbocycles. The van der Waals surface area contributed by atoms with Crippen LogP contribution in [0.4, 0.5) is 0 Å². The molecule has 0 fully saturated rings. The zero-order chi connectivity index (χ0) is 10.8. The Hall–Kier alpha value is -1.77. The quantitative estimate of drug-likeness (QED) is 0.779. The predicted molar refractivity (Wildman–Crippen MR) is 59.5 cm³/mol. The second-order valence-electron chi connectivity index (χ2n) is 3.39. The number of ketones is 1. The first-order chi connectivity index (χ1) is 7.26. The highest BCUT2D eigenvalue weighted by molar-refractivity contribution is 6.08. The molecule has 0 spiro atoms. The molecule has 78 valence electrons. The number of hydrogen-bond acceptors (Lipinski definition) is 2. The van der Waals surface area contributed by atoms with Gasteiger partial charge in [-0.2, -0.15) is 0 Å². The SMILES string of the molecule is CCC(=O)c1c[nH]c2ccc(OC)cc12. The molecule has 0 saturated carbocycles. The van der Waals surface area contributed by atoms with Crippen molar-refractivity contribution >= 4 is 16.7 Å². The van der Waals surface area contributed by atoms with Gasteiger partial charge in [0.05, 0.1) is 7.11 Å². The van der Waals surface area contributed by atoms with E-state index in [1.54, 1.807) is 13.3 Å². The van der Waals surface area contributed by atoms with Crippen LogP contribution in [0.1, 0.15) is 23.7 Å². The van der Waals surface area contributed by atoms with Crippen LogP contribution in [-0.4, -0.2) is 17.9 Å². The average molecular weight is 203 g/mol. The second-order valence-corrected chi connectivity index (χ2v) is 3.39. The summed E-state index contributed by atoms with van der Waals surface area (Å²) in [5.74, 6) is 0.918. The van der Waals surface area contributed by atoms with Gasteiger partial charge in [-0.15, -0.1) is 0 Å². The number of ether oxygens (including phenoxy) is 1. The Labute approximate surface area is 88.1 Å². The van der Waals surface area contributed by atoms with E-state index in [0.29, 0.717) is 6.42 Å². The van der Waals surface area contributed by atoms with Crippen LogP contribution in [0.3, 0.4) is 0 Å². The summed E-state index contributed by atoms with van der Waals surface area (Å²) in [4.78, 5) is 14.7. The molecule has 2 rings (SSSR count). The molecule has 15 heavy (non-hydrogen) atoms. The van der Waals surface area contributed by atoms with Crippen molar-refractivity contribution in [1.82, 2.24) is 4.98 Å². The molecule has 0 aliphatic heterocycles. The number of carbonyl (C=O) groups is 1. The largest absolute Gasteiger partial charge is 0.497 e. The van der Waals surface area contributed by atoms with Crippen LogP contribution in [0.5, 0.6) is 5.75 Å². The van der Waals surface area contributed by atoms with Gasteiger partial charge >= 0.3 is 0 Å². The van der Waals surface area contributed by atoms with E-state index in [1.807, 2.05) is 25.1 Å². The van der Waals surface area contributed by atoms with Gasteiger partial charge in [0, 0.05) is 29.1 Å². The Bertz CT molecular complexity index is 499. The van der Waals surface area contributed by atoms with Gasteiger partial charge in [-0.25, -0.2) is 0 Å². The Morgan fingerprint density at radius 1 is 1.47 bits per heavy atom. The summed E-state index contributed by atoms with van der Waals surface area (Å²) in [5.41, 5.74) is 1.71. The molecule has 1 aromatic carbocycles. The van der Waals surface area contributed by atoms with E-state index in [1.165, 1.54) is 0 Å². The molecular weight excluding hydrogens is 190 g/mol. The molecule has 0 bridgehead atoms. The lowest BCUT2D eigenvalue weighted by atomic mass is 10.1. The van der Waals surface area contributed by atoms with Crippen molar-refractivity contribution in [2.75, 3.05) is 7.11 Å². The summed E-state index contributed by atoms with van der Waals surface area (Å²) in [6.45, 7) is 1.86. The molecule has 0 amide bonds. The van der Waals surface area contributed by atoms with Crippen LogP contribution in [0.15, 0.2) is 24.4 Å². The van der Waals surface area contributed by atoms with Crippen LogP contribution in [0, 0.1) is 0 Å². The fourth-order valence-electron chi connectivity index (χ4n) is 1.65. The maximum absolute atomic E-state index is 11.6. The molecule has 0 radical (unpaired) electrons. The third-order valence-corrected chi connectivity index (χ3v) is 2.51. The number of benzene rings is 1. The summed E-state index contributed by atoms with van der Waals surface area (Å²) >= 11 is 0. The van der Waals surface area contributed by atoms with E-state index >= 15 is 0 Å². The Morgan fingerprint density at radius 2 is 2.27 bits per heavy atom. The van der Waals surface area contributed by atoms with Gasteiger partial charge in [0.25, 0.3) is 0 Å². The van der Waals surface area contributed by atoms with Crippen LogP contribution in [0.2, 0.25) is 0 Å². The number of H-pyrrole nitrogens is 1. The molecular formula is C12H13NO2. The fourth-order valence-corrected chi connectivity index (χ4v) is 1.65. The number of methoxy groups -OCH3 is 1. The standard InChI is InChI=1S/C12H13NO2/c1-3-12(14)10-7-13-11-5-4-8(15-2)6-9(10)11/h4-7,13H,3H2,1-2H3. The number of nitrogens with one attached hydrogen (secondary N) is 1. The molecule has 1 N–H and O–H groups in total. The van der Waals surface area contributed by atoms with Gasteiger partial charge in [-0.3, -0.25) is 4.79 Å². The molecule has 3 heteroatoms. The van der Waals surface area contributed by atoms with E-state index < -0.39 is 0 Å². The molecule has 1 aromatic heterocycles. The lowest BCUT2D eigenvalue weighted by molar-refractivity contribution is 0.0990. The fraction of sp³-hybridized carbons (Fsp3) is 0.250. The summed E-state index contributed by atoms with van der Waals surface area (Å²) in [7, 11) is 1.62. The molecule has 3 nitrogen and oxygen atoms in total. The average Bonchev–Trinajstić information content (AvgIpc) is 2.70. The number of hydrogen-bond donors (Lipinski definition) is 1. The van der Waals surface area contributed by atoms with Crippen molar-refractivity contribution in [3.05, 3.63) is 30.0 Å². The topological polar surface area (TPSA) is 42.1 Å². The highest BCUT2D eigenvalue weighted by Gasteiger charge is 2.10. The molecule has 2 aromatic rings. The van der Waals surface area contributed by atoms with E-state index in [9.17, 15) is 4.79 Å². The third kappa shape index (κ3) is 1.61. The number of carbonyl (C=O) groups excluding carboxylic acids is 1. The van der Waals surface area contributed by atoms with E-state index in [0.717, 1.165) is 22.2 Å². The van der Waals surface area contributed by atoms with Gasteiger partial charge in [-0.1, -0.05) is 6.92 Å². The number of aromatic nitrogens is 1. The lowest BCUT2D eigenvalue weighted by Gasteiger charge is -2.00. The molecule has 1 heterocycles. The maximum atomic E-state index is 11.6. The number of aromatic amines is 1. The molecule has 0 saturated heterocycles. The lowest BCUT2D eigenvalue weighted by Crippen LogP contribution is -1.94. The van der Waals surface area contributed by atoms with Crippen molar-refractivity contribution in [1.29, 1.82) is 0 Å². The zero-order valence-corrected chi connectivity index (χ0v) is 8.83. The van der Waals surface area contributed by atoms with Crippen molar-refractivity contribution in [2.24, 2.45) is 0 Å². The van der Waals surface area contributed by atoms with Crippen molar-refractivity contribution in [2.45, 2.75) is 13.3 Å². The Kier molecular flexibility index (Phi) is 2.46. The Morgan fingerprint density at radius 3 is 2.93 bits per heavy atom. The van der Waals surface area contributed by atoms with Gasteiger partial charge in [0.2, 0.25) is 0 Å². The van der Waals surface area contributed by atoms with Crippen LogP contribution in [-0.2, 0) is 0 Å². The van der Waals surface area contributed by atoms with Crippen molar-refractivity contribution in [3.63, 3.8) is 0 Å². The normalized spacial score (nSPS) is 10.5. The van der Waals surface area contributed by atoms with Crippen molar-refractivity contribution in [3.8, 4) is 5.75 Å². The minimum Gasteiger partial charge on any atom is -0.497 e. The third-order valence-electron chi connectivity index (χ3n) is 2.51. The first-order valence-electron chi connectivity index (χ1n) is 4.94. The molecule has 0 unspecified atom stereocenters. The highest BCUT2D eigenvalue weighted by atomic mass is 16.5. The summed E-state index contributed by atoms with van der Waals surface area (Å²) in [5, 5.41) is 0.932. The van der Waals surface area contributed by atoms with E-state index in [4.69, 9.17) is 4.74 Å². The van der Waals surface area contributed by atoms with E-state index in [-0.39, 0.29) is 5.78 Å². The van der Waals surface area contributed by atoms with Gasteiger partial charge in [-0.05, 0) is 18.2 Å². The molecule has 0 atom stereocenters. The number of Topliss-reactive ketones (excluding diaryl/α,β-unsaturated/α-hetero) is 1. The van der Waals surface area contributed by atoms with Crippen LogP contribution in [0.25, 0.3) is 10.9 Å². The maximum Gasteiger partial charge on any atom is 0.164 e. The summed E-state index contributed by atoms with van der Waals surface area (Å²) < 4.78 is 5.13. The number of rotatable bonds is 3. The smallest absolute Gasteiger partial charge is 0.164 e. The highest BCUT2D eigenvalue weighted by Crippen LogP contribution is 2.24. The summed E-state index contributed by atoms with van der Waals surface area (Å²) in [6, 6.07) is 5.67. The minimum absolute atomic E-state index is 0.148. The zero-order valence-electron chi connectivity index (χ0n) is 8.83. The van der Waals surface area contributed by atoms with Gasteiger partial charge in [0.15, 0.2) is 5.78 Å². The van der Waals surface area contributed by atoms with Crippen LogP contribution >= 0.6 is 0 Å². The molecule has 0 aliphatic rings. The Balaban J connectivity index is 2.61. The minimum atomic E-state index is 0.148. The first-order valence-corrected chi connectivity index (χ1v) is 4.94. The monoisotopic (exact) mass is 203 g/mol. The number of fused-ring (bicyclic) bond motifs is 1. The van der Waals surface area contributed by atoms with Crippen LogP contribution < -0.4 is 4.74 Å². The van der Waals surface area contributed by atoms with E-state index in [2.05, 4.69) is 4.98 Å². The van der Waals surface area contributed by atoms with Gasteiger partial charge < -0.3 is 9.72 Å². The first kappa shape index (κ1) is 9.77. The summed E-state index contributed by atoms with van der Waals surface area (Å²) in [6.07, 6.45) is 2.28. The van der Waals surface area contributed by atoms with Crippen molar-refractivity contribution < 1.29 is 9.53 Å². The second kappa shape index (κ2) is 3.77.